The summed E-state index contributed by atoms with van der Waals surface area (Å²) in [7, 11) is 0. The van der Waals surface area contributed by atoms with Crippen molar-refractivity contribution >= 4 is 35.1 Å². The van der Waals surface area contributed by atoms with Crippen molar-refractivity contribution < 1.29 is 9.90 Å². The summed E-state index contributed by atoms with van der Waals surface area (Å²) < 4.78 is 1.69. The number of aromatic hydroxyl groups is 1. The van der Waals surface area contributed by atoms with Crippen LogP contribution in [0.4, 0.5) is 5.69 Å². The molecule has 7 heteroatoms. The summed E-state index contributed by atoms with van der Waals surface area (Å²) in [4.78, 5) is 24.9. The molecule has 0 atom stereocenters. The molecule has 6 nitrogen and oxygen atoms in total. The minimum absolute atomic E-state index is 0.00597. The van der Waals surface area contributed by atoms with E-state index in [0.717, 1.165) is 33.1 Å². The lowest BCUT2D eigenvalue weighted by Crippen LogP contribution is -2.23. The molecule has 1 N–H and O–H groups in total. The van der Waals surface area contributed by atoms with Crippen LogP contribution < -0.4 is 4.90 Å². The van der Waals surface area contributed by atoms with Gasteiger partial charge in [-0.3, -0.25) is 14.1 Å². The Morgan fingerprint density at radius 3 is 2.39 bits per heavy atom. The van der Waals surface area contributed by atoms with E-state index in [2.05, 4.69) is 12.1 Å². The lowest BCUT2D eigenvalue weighted by atomic mass is 10.1. The number of benzene rings is 3. The maximum atomic E-state index is 12.5. The monoisotopic (exact) mass is 490 g/mol. The van der Waals surface area contributed by atoms with E-state index in [0.29, 0.717) is 22.8 Å². The van der Waals surface area contributed by atoms with Gasteiger partial charge in [-0.1, -0.05) is 84.6 Å². The molecule has 0 bridgehead atoms. The first-order valence-electron chi connectivity index (χ1n) is 11.6. The van der Waals surface area contributed by atoms with Crippen molar-refractivity contribution in [3.63, 3.8) is 0 Å². The average Bonchev–Trinajstić information content (AvgIpc) is 3.43. The van der Waals surface area contributed by atoms with Crippen LogP contribution in [0.3, 0.4) is 0 Å². The van der Waals surface area contributed by atoms with Crippen molar-refractivity contribution in [2.45, 2.75) is 18.2 Å². The lowest BCUT2D eigenvalue weighted by molar-refractivity contribution is -0.116. The van der Waals surface area contributed by atoms with Gasteiger partial charge >= 0.3 is 0 Å². The number of hydrogen-bond acceptors (Lipinski definition) is 5. The number of nitrogens with zero attached hydrogens (tertiary/aromatic N) is 4. The SMILES string of the molecule is CC(=O)N1C(=Cc2nc3c(Cc4ccccc4)nc(-c4ccccc4)cn3c2O)Sc2ccccc21. The number of amides is 1. The molecule has 36 heavy (non-hydrogen) atoms. The van der Waals surface area contributed by atoms with Gasteiger partial charge in [-0.25, -0.2) is 9.97 Å². The fraction of sp³-hybridized carbons (Fsp3) is 0.0690. The van der Waals surface area contributed by atoms with Crippen LogP contribution in [0.1, 0.15) is 23.9 Å². The third kappa shape index (κ3) is 3.93. The van der Waals surface area contributed by atoms with Gasteiger partial charge in [-0.2, -0.15) is 0 Å². The predicted molar refractivity (Wildman–Crippen MR) is 143 cm³/mol. The average molecular weight is 491 g/mol. The molecule has 1 aliphatic rings. The number of hydrogen-bond donors (Lipinski definition) is 1. The second-order valence-corrected chi connectivity index (χ2v) is 9.58. The number of thioether (sulfide) groups is 1. The number of imidazole rings is 1. The summed E-state index contributed by atoms with van der Waals surface area (Å²) in [5, 5.41) is 12.0. The molecule has 0 fully saturated rings. The number of anilines is 1. The molecule has 1 aliphatic heterocycles. The number of para-hydroxylation sites is 1. The molecular weight excluding hydrogens is 468 g/mol. The van der Waals surface area contributed by atoms with E-state index in [9.17, 15) is 9.90 Å². The van der Waals surface area contributed by atoms with Crippen molar-refractivity contribution in [3.05, 3.63) is 113 Å². The number of rotatable bonds is 4. The Hall–Kier alpha value is -4.36. The molecule has 0 saturated carbocycles. The molecule has 0 radical (unpaired) electrons. The third-order valence-corrected chi connectivity index (χ3v) is 7.15. The number of fused-ring (bicyclic) bond motifs is 2. The summed E-state index contributed by atoms with van der Waals surface area (Å²) in [6.45, 7) is 1.54. The van der Waals surface area contributed by atoms with Gasteiger partial charge in [0.2, 0.25) is 11.8 Å². The molecule has 1 amide bonds. The van der Waals surface area contributed by atoms with Crippen molar-refractivity contribution in [2.75, 3.05) is 4.90 Å². The quantitative estimate of drug-likeness (QED) is 0.327. The van der Waals surface area contributed by atoms with Gasteiger partial charge in [-0.15, -0.1) is 0 Å². The van der Waals surface area contributed by atoms with Gasteiger partial charge in [0.05, 0.1) is 22.1 Å². The van der Waals surface area contributed by atoms with Gasteiger partial charge in [0.1, 0.15) is 5.69 Å². The highest BCUT2D eigenvalue weighted by Gasteiger charge is 2.29. The largest absolute Gasteiger partial charge is 0.493 e. The summed E-state index contributed by atoms with van der Waals surface area (Å²) in [6.07, 6.45) is 4.14. The minimum atomic E-state index is -0.0975. The zero-order chi connectivity index (χ0) is 24.6. The first-order valence-corrected chi connectivity index (χ1v) is 12.4. The van der Waals surface area contributed by atoms with Gasteiger partial charge in [0.15, 0.2) is 5.65 Å². The Balaban J connectivity index is 1.51. The van der Waals surface area contributed by atoms with Crippen molar-refractivity contribution in [3.8, 4) is 17.1 Å². The molecule has 2 aromatic heterocycles. The molecule has 0 saturated heterocycles. The maximum Gasteiger partial charge on any atom is 0.228 e. The Bertz CT molecular complexity index is 1630. The summed E-state index contributed by atoms with van der Waals surface area (Å²) in [5.41, 5.74) is 5.36. The van der Waals surface area contributed by atoms with Crippen LogP contribution in [-0.2, 0) is 11.2 Å². The molecule has 176 valence electrons. The van der Waals surface area contributed by atoms with E-state index in [4.69, 9.17) is 9.97 Å². The zero-order valence-electron chi connectivity index (χ0n) is 19.5. The molecule has 3 heterocycles. The Labute approximate surface area is 212 Å². The Morgan fingerprint density at radius 1 is 0.944 bits per heavy atom. The minimum Gasteiger partial charge on any atom is -0.493 e. The standard InChI is InChI=1S/C29H22N4O2S/c1-19(34)33-25-14-8-9-15-26(25)36-27(33)17-23-29(35)32-18-24(21-12-6-3-7-13-21)30-22(28(32)31-23)16-20-10-4-2-5-11-20/h2-15,17-18,35H,16H2,1H3. The lowest BCUT2D eigenvalue weighted by Gasteiger charge is -2.15. The summed E-state index contributed by atoms with van der Waals surface area (Å²) in [6, 6.07) is 27.7. The summed E-state index contributed by atoms with van der Waals surface area (Å²) in [5.74, 6) is -0.0915. The summed E-state index contributed by atoms with van der Waals surface area (Å²) >= 11 is 1.48. The van der Waals surface area contributed by atoms with E-state index in [1.807, 2.05) is 79.0 Å². The van der Waals surface area contributed by atoms with Crippen molar-refractivity contribution in [1.29, 1.82) is 0 Å². The molecule has 0 unspecified atom stereocenters. The van der Waals surface area contributed by atoms with Gasteiger partial charge < -0.3 is 5.11 Å². The van der Waals surface area contributed by atoms with Crippen molar-refractivity contribution in [1.82, 2.24) is 14.4 Å². The zero-order valence-corrected chi connectivity index (χ0v) is 20.3. The topological polar surface area (TPSA) is 70.7 Å². The highest BCUT2D eigenvalue weighted by Crippen LogP contribution is 2.47. The molecule has 0 spiro atoms. The number of aromatic nitrogens is 3. The molecule has 3 aromatic carbocycles. The molecular formula is C29H22N4O2S. The Kier molecular flexibility index (Phi) is 5.54. The smallest absolute Gasteiger partial charge is 0.228 e. The van der Waals surface area contributed by atoms with Crippen molar-refractivity contribution in [2.24, 2.45) is 0 Å². The Morgan fingerprint density at radius 2 is 1.64 bits per heavy atom. The fourth-order valence-corrected chi connectivity index (χ4v) is 5.53. The maximum absolute atomic E-state index is 12.5. The second kappa shape index (κ2) is 9.02. The van der Waals surface area contributed by atoms with Crippen LogP contribution in [0.15, 0.2) is 101 Å². The van der Waals surface area contributed by atoms with E-state index in [-0.39, 0.29) is 11.8 Å². The van der Waals surface area contributed by atoms with E-state index in [1.165, 1.54) is 18.7 Å². The first-order chi connectivity index (χ1) is 17.6. The number of carbonyl (C=O) groups excluding carboxylic acids is 1. The van der Waals surface area contributed by atoms with Gasteiger partial charge in [0.25, 0.3) is 0 Å². The fourth-order valence-electron chi connectivity index (χ4n) is 4.41. The van der Waals surface area contributed by atoms with E-state index >= 15 is 0 Å². The van der Waals surface area contributed by atoms with Crippen LogP contribution in [0.2, 0.25) is 0 Å². The van der Waals surface area contributed by atoms with Gasteiger partial charge in [0, 0.05) is 36.1 Å². The third-order valence-electron chi connectivity index (χ3n) is 6.08. The normalized spacial score (nSPS) is 13.9. The second-order valence-electron chi connectivity index (χ2n) is 8.52. The molecule has 5 aromatic rings. The van der Waals surface area contributed by atoms with E-state index in [1.54, 1.807) is 15.4 Å². The first kappa shape index (κ1) is 22.1. The number of carbonyl (C=O) groups is 1. The van der Waals surface area contributed by atoms with Gasteiger partial charge in [-0.05, 0) is 17.7 Å². The highest BCUT2D eigenvalue weighted by atomic mass is 32.2. The highest BCUT2D eigenvalue weighted by molar-refractivity contribution is 8.04. The van der Waals surface area contributed by atoms with Crippen LogP contribution in [0, 0.1) is 0 Å². The van der Waals surface area contributed by atoms with Crippen LogP contribution in [-0.4, -0.2) is 25.4 Å². The van der Waals surface area contributed by atoms with Crippen LogP contribution in [0.5, 0.6) is 5.88 Å². The van der Waals surface area contributed by atoms with Crippen LogP contribution >= 0.6 is 11.8 Å². The van der Waals surface area contributed by atoms with Crippen LogP contribution in [0.25, 0.3) is 23.0 Å². The molecule has 0 aliphatic carbocycles. The predicted octanol–water partition coefficient (Wildman–Crippen LogP) is 6.15. The molecule has 6 rings (SSSR count). The van der Waals surface area contributed by atoms with E-state index < -0.39 is 0 Å².